The molecule has 0 saturated heterocycles. The average Bonchev–Trinajstić information content (AvgIpc) is 2.55. The van der Waals surface area contributed by atoms with Crippen LogP contribution in [0.1, 0.15) is 31.2 Å². The topological polar surface area (TPSA) is 38.3 Å². The minimum absolute atomic E-state index is 0.0576. The second kappa shape index (κ2) is 6.82. The molecule has 3 atom stereocenters. The second-order valence-corrected chi connectivity index (χ2v) is 6.78. The van der Waals surface area contributed by atoms with Crippen molar-refractivity contribution in [2.45, 2.75) is 38.1 Å². The quantitative estimate of drug-likeness (QED) is 0.848. The van der Waals surface area contributed by atoms with Crippen molar-refractivity contribution in [2.24, 2.45) is 11.8 Å². The van der Waals surface area contributed by atoms with Gasteiger partial charge in [-0.15, -0.1) is 0 Å². The second-order valence-electron chi connectivity index (χ2n) is 6.13. The highest BCUT2D eigenvalue weighted by Crippen LogP contribution is 2.29. The van der Waals surface area contributed by atoms with Gasteiger partial charge in [-0.3, -0.25) is 4.79 Å². The van der Waals surface area contributed by atoms with E-state index in [1.807, 2.05) is 18.2 Å². The molecule has 3 unspecified atom stereocenters. The molecule has 1 N–H and O–H groups in total. The lowest BCUT2D eigenvalue weighted by molar-refractivity contribution is -0.127. The maximum absolute atomic E-state index is 12.5. The summed E-state index contributed by atoms with van der Waals surface area (Å²) in [6.45, 7) is 0.495. The van der Waals surface area contributed by atoms with Crippen LogP contribution in [0.2, 0.25) is 0 Å². The van der Waals surface area contributed by atoms with Gasteiger partial charge in [0.05, 0.1) is 5.92 Å². The van der Waals surface area contributed by atoms with Crippen LogP contribution < -0.4 is 10.1 Å². The normalized spacial score (nSPS) is 28.3. The summed E-state index contributed by atoms with van der Waals surface area (Å²) in [5.74, 6) is 1.59. The fourth-order valence-electron chi connectivity index (χ4n) is 3.38. The Morgan fingerprint density at radius 3 is 2.95 bits per heavy atom. The predicted molar refractivity (Wildman–Crippen MR) is 86.8 cm³/mol. The standard InChI is InChI=1S/C17H22BrNO2/c18-10-13-6-1-3-7-15(13)19-17(20)14-9-12-5-2-4-8-16(12)21-11-14/h2,4-5,8,13-15H,1,3,6-7,9-11H2,(H,19,20). The maximum Gasteiger partial charge on any atom is 0.227 e. The zero-order chi connectivity index (χ0) is 14.7. The number of ether oxygens (including phenoxy) is 1. The van der Waals surface area contributed by atoms with Crippen LogP contribution in [0.4, 0.5) is 0 Å². The molecular formula is C17H22BrNO2. The number of para-hydroxylation sites is 1. The summed E-state index contributed by atoms with van der Waals surface area (Å²) in [5, 5.41) is 4.25. The first-order valence-corrected chi connectivity index (χ1v) is 8.97. The summed E-state index contributed by atoms with van der Waals surface area (Å²) in [6.07, 6.45) is 5.60. The Labute approximate surface area is 134 Å². The van der Waals surface area contributed by atoms with Gasteiger partial charge in [-0.25, -0.2) is 0 Å². The minimum Gasteiger partial charge on any atom is -0.492 e. The third-order valence-corrected chi connectivity index (χ3v) is 5.52. The lowest BCUT2D eigenvalue weighted by Gasteiger charge is -2.33. The predicted octanol–water partition coefficient (Wildman–Crippen LogP) is 3.31. The van der Waals surface area contributed by atoms with E-state index in [1.54, 1.807) is 0 Å². The summed E-state index contributed by atoms with van der Waals surface area (Å²) in [7, 11) is 0. The third-order valence-electron chi connectivity index (χ3n) is 4.68. The molecule has 1 saturated carbocycles. The van der Waals surface area contributed by atoms with Gasteiger partial charge in [-0.1, -0.05) is 47.0 Å². The van der Waals surface area contributed by atoms with E-state index in [0.717, 1.165) is 29.5 Å². The Hall–Kier alpha value is -1.03. The monoisotopic (exact) mass is 351 g/mol. The highest BCUT2D eigenvalue weighted by Gasteiger charge is 2.30. The molecule has 2 aliphatic rings. The fraction of sp³-hybridized carbons (Fsp3) is 0.588. The number of halogens is 1. The van der Waals surface area contributed by atoms with Gasteiger partial charge in [0.15, 0.2) is 0 Å². The van der Waals surface area contributed by atoms with Crippen LogP contribution in [0.25, 0.3) is 0 Å². The zero-order valence-corrected chi connectivity index (χ0v) is 13.8. The molecule has 1 fully saturated rings. The van der Waals surface area contributed by atoms with Crippen LogP contribution >= 0.6 is 15.9 Å². The molecule has 3 rings (SSSR count). The van der Waals surface area contributed by atoms with Crippen molar-refractivity contribution in [1.82, 2.24) is 5.32 Å². The van der Waals surface area contributed by atoms with Crippen LogP contribution in [0.3, 0.4) is 0 Å². The number of rotatable bonds is 3. The Balaban J connectivity index is 1.61. The van der Waals surface area contributed by atoms with Crippen molar-refractivity contribution in [3.63, 3.8) is 0 Å². The molecule has 1 heterocycles. The van der Waals surface area contributed by atoms with E-state index < -0.39 is 0 Å². The van der Waals surface area contributed by atoms with E-state index in [2.05, 4.69) is 27.3 Å². The van der Waals surface area contributed by atoms with Gasteiger partial charge in [-0.05, 0) is 36.8 Å². The van der Waals surface area contributed by atoms with Gasteiger partial charge in [0, 0.05) is 11.4 Å². The molecular weight excluding hydrogens is 330 g/mol. The van der Waals surface area contributed by atoms with Crippen molar-refractivity contribution < 1.29 is 9.53 Å². The van der Waals surface area contributed by atoms with Gasteiger partial charge in [0.1, 0.15) is 12.4 Å². The Bertz CT molecular complexity index is 505. The molecule has 0 bridgehead atoms. The molecule has 0 aromatic heterocycles. The molecule has 1 amide bonds. The zero-order valence-electron chi connectivity index (χ0n) is 12.2. The Morgan fingerprint density at radius 1 is 1.29 bits per heavy atom. The maximum atomic E-state index is 12.5. The molecule has 1 aliphatic carbocycles. The van der Waals surface area contributed by atoms with Crippen molar-refractivity contribution in [3.05, 3.63) is 29.8 Å². The largest absolute Gasteiger partial charge is 0.492 e. The summed E-state index contributed by atoms with van der Waals surface area (Å²) in [6, 6.07) is 8.33. The highest BCUT2D eigenvalue weighted by molar-refractivity contribution is 9.09. The summed E-state index contributed by atoms with van der Waals surface area (Å²) in [4.78, 5) is 12.5. The number of carbonyl (C=O) groups excluding carboxylic acids is 1. The van der Waals surface area contributed by atoms with Gasteiger partial charge in [-0.2, -0.15) is 0 Å². The van der Waals surface area contributed by atoms with Gasteiger partial charge in [0.25, 0.3) is 0 Å². The van der Waals surface area contributed by atoms with Crippen LogP contribution in [-0.2, 0) is 11.2 Å². The number of benzene rings is 1. The van der Waals surface area contributed by atoms with Crippen molar-refractivity contribution >= 4 is 21.8 Å². The van der Waals surface area contributed by atoms with Gasteiger partial charge < -0.3 is 10.1 Å². The molecule has 21 heavy (non-hydrogen) atoms. The summed E-state index contributed by atoms with van der Waals surface area (Å²) in [5.41, 5.74) is 1.14. The first-order valence-electron chi connectivity index (χ1n) is 7.85. The molecule has 1 aromatic rings. The number of hydrogen-bond acceptors (Lipinski definition) is 2. The van der Waals surface area contributed by atoms with Crippen LogP contribution in [0.5, 0.6) is 5.75 Å². The van der Waals surface area contributed by atoms with Crippen molar-refractivity contribution in [3.8, 4) is 5.75 Å². The molecule has 4 heteroatoms. The molecule has 0 spiro atoms. The molecule has 1 aliphatic heterocycles. The summed E-state index contributed by atoms with van der Waals surface area (Å²) < 4.78 is 5.73. The third kappa shape index (κ3) is 3.42. The van der Waals surface area contributed by atoms with Gasteiger partial charge in [0.2, 0.25) is 5.91 Å². The van der Waals surface area contributed by atoms with E-state index in [4.69, 9.17) is 4.74 Å². The van der Waals surface area contributed by atoms with Crippen molar-refractivity contribution in [2.75, 3.05) is 11.9 Å². The molecule has 1 aromatic carbocycles. The molecule has 3 nitrogen and oxygen atoms in total. The lowest BCUT2D eigenvalue weighted by Crippen LogP contribution is -2.47. The van der Waals surface area contributed by atoms with E-state index in [0.29, 0.717) is 18.6 Å². The highest BCUT2D eigenvalue weighted by atomic mass is 79.9. The number of fused-ring (bicyclic) bond motifs is 1. The fourth-order valence-corrected chi connectivity index (χ4v) is 4.15. The van der Waals surface area contributed by atoms with Crippen LogP contribution in [0, 0.1) is 11.8 Å². The number of carbonyl (C=O) groups is 1. The Kier molecular flexibility index (Phi) is 4.84. The number of nitrogens with one attached hydrogen (secondary N) is 1. The molecule has 114 valence electrons. The van der Waals surface area contributed by atoms with E-state index >= 15 is 0 Å². The number of alkyl halides is 1. The molecule has 0 radical (unpaired) electrons. The smallest absolute Gasteiger partial charge is 0.227 e. The lowest BCUT2D eigenvalue weighted by atomic mass is 9.85. The average molecular weight is 352 g/mol. The van der Waals surface area contributed by atoms with E-state index in [-0.39, 0.29) is 11.8 Å². The number of hydrogen-bond donors (Lipinski definition) is 1. The number of amides is 1. The van der Waals surface area contributed by atoms with Crippen molar-refractivity contribution in [1.29, 1.82) is 0 Å². The first-order chi connectivity index (χ1) is 10.3. The SMILES string of the molecule is O=C(NC1CCCCC1CBr)C1COc2ccccc2C1. The van der Waals surface area contributed by atoms with Gasteiger partial charge >= 0.3 is 0 Å². The van der Waals surface area contributed by atoms with E-state index in [1.165, 1.54) is 19.3 Å². The minimum atomic E-state index is -0.0576. The Morgan fingerprint density at radius 2 is 2.10 bits per heavy atom. The first kappa shape index (κ1) is 14.9. The van der Waals surface area contributed by atoms with E-state index in [9.17, 15) is 4.79 Å². The summed E-state index contributed by atoms with van der Waals surface area (Å²) >= 11 is 3.58. The van der Waals surface area contributed by atoms with Crippen LogP contribution in [-0.4, -0.2) is 23.9 Å². The van der Waals surface area contributed by atoms with Crippen LogP contribution in [0.15, 0.2) is 24.3 Å².